The quantitative estimate of drug-likeness (QED) is 0.571. The molecule has 1 amide bonds. The van der Waals surface area contributed by atoms with Crippen molar-refractivity contribution in [2.45, 2.75) is 46.6 Å². The van der Waals surface area contributed by atoms with Crippen LogP contribution in [0.4, 0.5) is 5.69 Å². The summed E-state index contributed by atoms with van der Waals surface area (Å²) in [7, 11) is 0. The summed E-state index contributed by atoms with van der Waals surface area (Å²) in [5.41, 5.74) is 5.02. The van der Waals surface area contributed by atoms with E-state index >= 15 is 0 Å². The first-order chi connectivity index (χ1) is 12.9. The van der Waals surface area contributed by atoms with Gasteiger partial charge < -0.3 is 10.1 Å². The van der Waals surface area contributed by atoms with Gasteiger partial charge in [0.15, 0.2) is 6.10 Å². The van der Waals surface area contributed by atoms with Gasteiger partial charge in [0.1, 0.15) is 0 Å². The van der Waals surface area contributed by atoms with E-state index in [1.807, 2.05) is 63.2 Å². The maximum Gasteiger partial charge on any atom is 0.331 e. The molecule has 0 radical (unpaired) electrons. The zero-order chi connectivity index (χ0) is 19.8. The van der Waals surface area contributed by atoms with Gasteiger partial charge in [-0.05, 0) is 49.5 Å². The van der Waals surface area contributed by atoms with Crippen molar-refractivity contribution in [1.29, 1.82) is 0 Å². The number of aryl methyl sites for hydroxylation is 3. The minimum atomic E-state index is -0.880. The SMILES string of the molecule is CCc1cccc(CC)c1NC(=O)C(C)OC(=O)C=Cc1ccc(C)cc1. The van der Waals surface area contributed by atoms with Crippen LogP contribution in [0.1, 0.15) is 43.0 Å². The summed E-state index contributed by atoms with van der Waals surface area (Å²) >= 11 is 0. The number of anilines is 1. The molecule has 4 heteroatoms. The Morgan fingerprint density at radius 1 is 1.04 bits per heavy atom. The van der Waals surface area contributed by atoms with Crippen LogP contribution in [0.5, 0.6) is 0 Å². The molecular weight excluding hydrogens is 338 g/mol. The molecule has 0 bridgehead atoms. The maximum atomic E-state index is 12.5. The Hall–Kier alpha value is -2.88. The van der Waals surface area contributed by atoms with Crippen LogP contribution in [0.3, 0.4) is 0 Å². The van der Waals surface area contributed by atoms with Gasteiger partial charge in [0.2, 0.25) is 0 Å². The van der Waals surface area contributed by atoms with Gasteiger partial charge in [-0.2, -0.15) is 0 Å². The molecule has 0 aromatic heterocycles. The lowest BCUT2D eigenvalue weighted by atomic mass is 10.0. The van der Waals surface area contributed by atoms with Crippen molar-refractivity contribution in [1.82, 2.24) is 0 Å². The summed E-state index contributed by atoms with van der Waals surface area (Å²) in [4.78, 5) is 24.5. The number of nitrogens with one attached hydrogen (secondary N) is 1. The zero-order valence-corrected chi connectivity index (χ0v) is 16.4. The second-order valence-corrected chi connectivity index (χ2v) is 6.47. The normalized spacial score (nSPS) is 12.0. The van der Waals surface area contributed by atoms with Crippen molar-refractivity contribution in [3.63, 3.8) is 0 Å². The molecule has 1 unspecified atom stereocenters. The van der Waals surface area contributed by atoms with Crippen LogP contribution in [0.2, 0.25) is 0 Å². The van der Waals surface area contributed by atoms with Crippen LogP contribution >= 0.6 is 0 Å². The van der Waals surface area contributed by atoms with E-state index in [0.29, 0.717) is 0 Å². The lowest BCUT2D eigenvalue weighted by Gasteiger charge is -2.17. The Morgan fingerprint density at radius 3 is 2.19 bits per heavy atom. The Labute approximate surface area is 161 Å². The van der Waals surface area contributed by atoms with Gasteiger partial charge in [-0.1, -0.05) is 61.9 Å². The molecule has 0 aliphatic carbocycles. The molecule has 2 rings (SSSR count). The topological polar surface area (TPSA) is 55.4 Å². The highest BCUT2D eigenvalue weighted by Crippen LogP contribution is 2.23. The monoisotopic (exact) mass is 365 g/mol. The third kappa shape index (κ3) is 5.81. The van der Waals surface area contributed by atoms with E-state index in [2.05, 4.69) is 5.32 Å². The molecule has 2 aromatic rings. The van der Waals surface area contributed by atoms with Crippen molar-refractivity contribution in [2.75, 3.05) is 5.32 Å². The van der Waals surface area contributed by atoms with Crippen LogP contribution in [-0.2, 0) is 27.2 Å². The van der Waals surface area contributed by atoms with Gasteiger partial charge >= 0.3 is 5.97 Å². The lowest BCUT2D eigenvalue weighted by molar-refractivity contribution is -0.148. The number of carbonyl (C=O) groups excluding carboxylic acids is 2. The number of amides is 1. The van der Waals surface area contributed by atoms with Crippen LogP contribution in [0, 0.1) is 6.92 Å². The largest absolute Gasteiger partial charge is 0.449 e. The Morgan fingerprint density at radius 2 is 1.63 bits per heavy atom. The number of hydrogen-bond donors (Lipinski definition) is 1. The molecule has 1 atom stereocenters. The first kappa shape index (κ1) is 20.4. The Bertz CT molecular complexity index is 800. The summed E-state index contributed by atoms with van der Waals surface area (Å²) in [5.74, 6) is -0.875. The zero-order valence-electron chi connectivity index (χ0n) is 16.4. The van der Waals surface area contributed by atoms with E-state index in [0.717, 1.165) is 40.8 Å². The van der Waals surface area contributed by atoms with Crippen molar-refractivity contribution < 1.29 is 14.3 Å². The van der Waals surface area contributed by atoms with Crippen LogP contribution in [0.15, 0.2) is 48.5 Å². The van der Waals surface area contributed by atoms with Gasteiger partial charge in [0, 0.05) is 11.8 Å². The van der Waals surface area contributed by atoms with Crippen molar-refractivity contribution >= 4 is 23.6 Å². The van der Waals surface area contributed by atoms with Crippen LogP contribution in [0.25, 0.3) is 6.08 Å². The predicted octanol–water partition coefficient (Wildman–Crippen LogP) is 4.70. The molecule has 0 fully saturated rings. The molecule has 2 aromatic carbocycles. The highest BCUT2D eigenvalue weighted by atomic mass is 16.5. The Balaban J connectivity index is 1.99. The van der Waals surface area contributed by atoms with Gasteiger partial charge in [-0.25, -0.2) is 4.79 Å². The van der Waals surface area contributed by atoms with E-state index in [1.54, 1.807) is 13.0 Å². The summed E-state index contributed by atoms with van der Waals surface area (Å²) in [6.45, 7) is 7.67. The maximum absolute atomic E-state index is 12.5. The molecular formula is C23H27NO3. The third-order valence-electron chi connectivity index (χ3n) is 4.40. The minimum Gasteiger partial charge on any atom is -0.449 e. The molecule has 0 aliphatic rings. The van der Waals surface area contributed by atoms with Crippen molar-refractivity contribution in [3.05, 3.63) is 70.8 Å². The molecule has 0 aliphatic heterocycles. The molecule has 0 saturated heterocycles. The highest BCUT2D eigenvalue weighted by Gasteiger charge is 2.19. The van der Waals surface area contributed by atoms with E-state index in [9.17, 15) is 9.59 Å². The van der Waals surface area contributed by atoms with E-state index < -0.39 is 12.1 Å². The minimum absolute atomic E-state index is 0.331. The number of ether oxygens (including phenoxy) is 1. The fourth-order valence-electron chi connectivity index (χ4n) is 2.74. The van der Waals surface area contributed by atoms with E-state index in [1.165, 1.54) is 6.08 Å². The fraction of sp³-hybridized carbons (Fsp3) is 0.304. The highest BCUT2D eigenvalue weighted by molar-refractivity contribution is 5.97. The van der Waals surface area contributed by atoms with Gasteiger partial charge in [0.25, 0.3) is 5.91 Å². The molecule has 142 valence electrons. The molecule has 0 spiro atoms. The molecule has 0 heterocycles. The number of hydrogen-bond acceptors (Lipinski definition) is 3. The number of carbonyl (C=O) groups is 2. The lowest BCUT2D eigenvalue weighted by Crippen LogP contribution is -2.30. The molecule has 1 N–H and O–H groups in total. The standard InChI is InChI=1S/C23H27NO3/c1-5-19-8-7-9-20(6-2)22(19)24-23(26)17(4)27-21(25)15-14-18-12-10-16(3)11-13-18/h7-15,17H,5-6H2,1-4H3,(H,24,26). The molecule has 4 nitrogen and oxygen atoms in total. The fourth-order valence-corrected chi connectivity index (χ4v) is 2.74. The first-order valence-electron chi connectivity index (χ1n) is 9.31. The number of esters is 1. The first-order valence-corrected chi connectivity index (χ1v) is 9.31. The van der Waals surface area contributed by atoms with Gasteiger partial charge in [0.05, 0.1) is 0 Å². The van der Waals surface area contributed by atoms with Crippen molar-refractivity contribution in [2.24, 2.45) is 0 Å². The predicted molar refractivity (Wildman–Crippen MR) is 110 cm³/mol. The Kier molecular flexibility index (Phi) is 7.35. The summed E-state index contributed by atoms with van der Waals surface area (Å²) in [6, 6.07) is 13.8. The third-order valence-corrected chi connectivity index (χ3v) is 4.40. The average molecular weight is 365 g/mol. The van der Waals surface area contributed by atoms with Crippen LogP contribution in [-0.4, -0.2) is 18.0 Å². The number of rotatable bonds is 7. The second-order valence-electron chi connectivity index (χ2n) is 6.47. The van der Waals surface area contributed by atoms with E-state index in [4.69, 9.17) is 4.74 Å². The van der Waals surface area contributed by atoms with Gasteiger partial charge in [-0.3, -0.25) is 4.79 Å². The summed E-state index contributed by atoms with van der Waals surface area (Å²) < 4.78 is 5.24. The summed E-state index contributed by atoms with van der Waals surface area (Å²) in [5, 5.41) is 2.93. The smallest absolute Gasteiger partial charge is 0.331 e. The summed E-state index contributed by atoms with van der Waals surface area (Å²) in [6.07, 6.45) is 3.77. The van der Waals surface area contributed by atoms with Crippen LogP contribution < -0.4 is 5.32 Å². The average Bonchev–Trinajstić information content (AvgIpc) is 2.67. The van der Waals surface area contributed by atoms with Gasteiger partial charge in [-0.15, -0.1) is 0 Å². The number of benzene rings is 2. The molecule has 27 heavy (non-hydrogen) atoms. The number of para-hydroxylation sites is 1. The molecule has 0 saturated carbocycles. The van der Waals surface area contributed by atoms with E-state index in [-0.39, 0.29) is 5.91 Å². The van der Waals surface area contributed by atoms with Crippen molar-refractivity contribution in [3.8, 4) is 0 Å². The second kappa shape index (κ2) is 9.72.